The highest BCUT2D eigenvalue weighted by atomic mass is 31.2. The van der Waals surface area contributed by atoms with E-state index in [1.165, 1.54) is 167 Å². The summed E-state index contributed by atoms with van der Waals surface area (Å²) >= 11 is 0. The van der Waals surface area contributed by atoms with Gasteiger partial charge in [0.1, 0.15) is 6.61 Å². The van der Waals surface area contributed by atoms with Gasteiger partial charge in [0.15, 0.2) is 6.10 Å². The predicted molar refractivity (Wildman–Crippen MR) is 220 cm³/mol. The van der Waals surface area contributed by atoms with Crippen LogP contribution in [0.3, 0.4) is 0 Å². The fourth-order valence-corrected chi connectivity index (χ4v) is 7.40. The molecule has 0 amide bonds. The molecule has 53 heavy (non-hydrogen) atoms. The molecule has 316 valence electrons. The van der Waals surface area contributed by atoms with E-state index in [0.717, 1.165) is 32.1 Å². The largest absolute Gasteiger partial charge is 0.472 e. The molecular weight excluding hydrogens is 689 g/mol. The van der Waals surface area contributed by atoms with E-state index in [1.807, 2.05) is 0 Å². The van der Waals surface area contributed by atoms with E-state index < -0.39 is 26.5 Å². The highest BCUT2D eigenvalue weighted by Crippen LogP contribution is 2.43. The Bertz CT molecular complexity index is 845. The third-order valence-corrected chi connectivity index (χ3v) is 11.0. The minimum atomic E-state index is -4.37. The number of unbranched alkanes of at least 4 members (excludes halogenated alkanes) is 30. The molecule has 0 aliphatic carbocycles. The third-order valence-electron chi connectivity index (χ3n) is 9.99. The maximum absolute atomic E-state index is 12.5. The van der Waals surface area contributed by atoms with Gasteiger partial charge in [-0.15, -0.1) is 0 Å². The zero-order valence-corrected chi connectivity index (χ0v) is 35.7. The number of hydrogen-bond acceptors (Lipinski definition) is 8. The maximum Gasteiger partial charge on any atom is 0.472 e. The van der Waals surface area contributed by atoms with Crippen LogP contribution < -0.4 is 5.73 Å². The fourth-order valence-electron chi connectivity index (χ4n) is 6.64. The van der Waals surface area contributed by atoms with Crippen molar-refractivity contribution in [3.8, 4) is 0 Å². The predicted octanol–water partition coefficient (Wildman–Crippen LogP) is 12.8. The Labute approximate surface area is 327 Å². The smallest absolute Gasteiger partial charge is 0.462 e. The number of hydrogen-bond donors (Lipinski definition) is 2. The second-order valence-electron chi connectivity index (χ2n) is 15.3. The van der Waals surface area contributed by atoms with Crippen molar-refractivity contribution < 1.29 is 37.6 Å². The van der Waals surface area contributed by atoms with Gasteiger partial charge in [0, 0.05) is 19.4 Å². The van der Waals surface area contributed by atoms with Crippen LogP contribution in [-0.4, -0.2) is 49.3 Å². The Balaban J connectivity index is 3.99. The Morgan fingerprint density at radius 3 is 1.15 bits per heavy atom. The van der Waals surface area contributed by atoms with E-state index >= 15 is 0 Å². The molecule has 3 N–H and O–H groups in total. The van der Waals surface area contributed by atoms with Crippen LogP contribution >= 0.6 is 7.82 Å². The van der Waals surface area contributed by atoms with Crippen LogP contribution in [0.25, 0.3) is 0 Å². The Hall–Kier alpha value is -0.990. The molecule has 0 aromatic rings. The summed E-state index contributed by atoms with van der Waals surface area (Å²) in [7, 11) is -4.37. The first kappa shape index (κ1) is 52.0. The summed E-state index contributed by atoms with van der Waals surface area (Å²) in [5, 5.41) is 0. The van der Waals surface area contributed by atoms with Crippen LogP contribution in [0.15, 0.2) is 0 Å². The lowest BCUT2D eigenvalue weighted by atomic mass is 10.0. The molecule has 9 nitrogen and oxygen atoms in total. The number of rotatable bonds is 43. The van der Waals surface area contributed by atoms with Crippen LogP contribution in [0.5, 0.6) is 0 Å². The lowest BCUT2D eigenvalue weighted by molar-refractivity contribution is -0.161. The van der Waals surface area contributed by atoms with Gasteiger partial charge < -0.3 is 20.1 Å². The first-order valence-corrected chi connectivity index (χ1v) is 24.0. The van der Waals surface area contributed by atoms with Gasteiger partial charge in [-0.1, -0.05) is 206 Å². The van der Waals surface area contributed by atoms with E-state index in [1.54, 1.807) is 0 Å². The van der Waals surface area contributed by atoms with E-state index in [4.69, 9.17) is 24.3 Å². The summed E-state index contributed by atoms with van der Waals surface area (Å²) < 4.78 is 32.8. The molecular formula is C43H86NO8P. The van der Waals surface area contributed by atoms with Crippen LogP contribution in [0.4, 0.5) is 0 Å². The SMILES string of the molecule is CCCCCCCCCCCCCCCCCCCCCCCC(=O)OC[C@H](COP(=O)(O)OCCN)OC(=O)CCCCCCCCCCCCC. The average molecular weight is 776 g/mol. The first-order valence-electron chi connectivity index (χ1n) is 22.5. The van der Waals surface area contributed by atoms with Crippen LogP contribution in [0.1, 0.15) is 232 Å². The number of nitrogens with two attached hydrogens (primary N) is 1. The number of carbonyl (C=O) groups excluding carboxylic acids is 2. The quantitative estimate of drug-likeness (QED) is 0.0352. The second kappa shape index (κ2) is 40.7. The molecule has 0 spiro atoms. The molecule has 0 rings (SSSR count). The number of phosphoric ester groups is 1. The van der Waals surface area contributed by atoms with Crippen LogP contribution in [-0.2, 0) is 32.7 Å². The van der Waals surface area contributed by atoms with Crippen molar-refractivity contribution in [3.05, 3.63) is 0 Å². The number of ether oxygens (including phenoxy) is 2. The van der Waals surface area contributed by atoms with Crippen LogP contribution in [0, 0.1) is 0 Å². The zero-order valence-electron chi connectivity index (χ0n) is 34.8. The van der Waals surface area contributed by atoms with Gasteiger partial charge in [0.2, 0.25) is 0 Å². The monoisotopic (exact) mass is 776 g/mol. The van der Waals surface area contributed by atoms with Gasteiger partial charge in [0.05, 0.1) is 13.2 Å². The first-order chi connectivity index (χ1) is 25.8. The van der Waals surface area contributed by atoms with Crippen molar-refractivity contribution >= 4 is 19.8 Å². The molecule has 0 radical (unpaired) electrons. The van der Waals surface area contributed by atoms with Crippen molar-refractivity contribution in [2.45, 2.75) is 238 Å². The van der Waals surface area contributed by atoms with E-state index in [-0.39, 0.29) is 38.6 Å². The summed E-state index contributed by atoms with van der Waals surface area (Å²) in [6.07, 6.45) is 40.0. The summed E-state index contributed by atoms with van der Waals surface area (Å²) in [4.78, 5) is 34.8. The minimum absolute atomic E-state index is 0.0580. The molecule has 0 saturated heterocycles. The van der Waals surface area contributed by atoms with Gasteiger partial charge in [-0.2, -0.15) is 0 Å². The second-order valence-corrected chi connectivity index (χ2v) is 16.7. The molecule has 1 unspecified atom stereocenters. The van der Waals surface area contributed by atoms with Gasteiger partial charge in [-0.3, -0.25) is 18.6 Å². The van der Waals surface area contributed by atoms with Crippen molar-refractivity contribution in [1.82, 2.24) is 0 Å². The molecule has 0 aliphatic rings. The van der Waals surface area contributed by atoms with E-state index in [9.17, 15) is 19.0 Å². The van der Waals surface area contributed by atoms with E-state index in [2.05, 4.69) is 13.8 Å². The summed E-state index contributed by atoms with van der Waals surface area (Å²) in [6.45, 7) is 3.76. The Morgan fingerprint density at radius 2 is 0.811 bits per heavy atom. The van der Waals surface area contributed by atoms with Crippen LogP contribution in [0.2, 0.25) is 0 Å². The summed E-state index contributed by atoms with van der Waals surface area (Å²) in [5.41, 5.74) is 5.34. The highest BCUT2D eigenvalue weighted by Gasteiger charge is 2.26. The van der Waals surface area contributed by atoms with Crippen molar-refractivity contribution in [2.75, 3.05) is 26.4 Å². The molecule has 0 heterocycles. The van der Waals surface area contributed by atoms with Crippen molar-refractivity contribution in [2.24, 2.45) is 5.73 Å². The molecule has 0 saturated carbocycles. The van der Waals surface area contributed by atoms with Crippen molar-refractivity contribution in [3.63, 3.8) is 0 Å². The summed E-state index contributed by atoms with van der Waals surface area (Å²) in [6, 6.07) is 0. The lowest BCUT2D eigenvalue weighted by Crippen LogP contribution is -2.29. The van der Waals surface area contributed by atoms with Gasteiger partial charge in [-0.05, 0) is 12.8 Å². The molecule has 0 bridgehead atoms. The van der Waals surface area contributed by atoms with E-state index in [0.29, 0.717) is 6.42 Å². The highest BCUT2D eigenvalue weighted by molar-refractivity contribution is 7.47. The summed E-state index contributed by atoms with van der Waals surface area (Å²) in [5.74, 6) is -0.814. The minimum Gasteiger partial charge on any atom is -0.462 e. The maximum atomic E-state index is 12.5. The topological polar surface area (TPSA) is 134 Å². The lowest BCUT2D eigenvalue weighted by Gasteiger charge is -2.19. The average Bonchev–Trinajstić information content (AvgIpc) is 3.14. The fraction of sp³-hybridized carbons (Fsp3) is 0.953. The van der Waals surface area contributed by atoms with Gasteiger partial charge in [-0.25, -0.2) is 4.57 Å². The number of carbonyl (C=O) groups is 2. The number of phosphoric acid groups is 1. The standard InChI is InChI=1S/C43H86NO8P/c1-3-5-7-9-11-13-15-16-17-18-19-20-21-22-23-24-26-27-29-31-33-35-42(45)49-39-41(40-51-53(47,48)50-38-37-44)52-43(46)36-34-32-30-28-25-14-12-10-8-6-4-2/h41H,3-40,44H2,1-2H3,(H,47,48)/t41-/m1/s1. The Morgan fingerprint density at radius 1 is 0.491 bits per heavy atom. The Kier molecular flexibility index (Phi) is 39.9. The third kappa shape index (κ3) is 40.5. The molecule has 10 heteroatoms. The molecule has 2 atom stereocenters. The molecule has 0 aromatic heterocycles. The van der Waals surface area contributed by atoms with Gasteiger partial charge in [0.25, 0.3) is 0 Å². The molecule has 0 fully saturated rings. The molecule has 0 aliphatic heterocycles. The number of esters is 2. The zero-order chi connectivity index (χ0) is 38.9. The molecule has 0 aromatic carbocycles. The van der Waals surface area contributed by atoms with Crippen molar-refractivity contribution in [1.29, 1.82) is 0 Å². The van der Waals surface area contributed by atoms with Gasteiger partial charge >= 0.3 is 19.8 Å². The normalized spacial score (nSPS) is 13.2.